The van der Waals surface area contributed by atoms with Crippen LogP contribution in [0.4, 0.5) is 0 Å². The van der Waals surface area contributed by atoms with E-state index in [1.54, 1.807) is 14.2 Å². The van der Waals surface area contributed by atoms with E-state index in [0.29, 0.717) is 13.2 Å². The van der Waals surface area contributed by atoms with Gasteiger partial charge in [0, 0.05) is 26.1 Å². The summed E-state index contributed by atoms with van der Waals surface area (Å²) < 4.78 is 17.3. The predicted octanol–water partition coefficient (Wildman–Crippen LogP) is 4.98. The maximum atomic E-state index is 6.48. The lowest BCUT2D eigenvalue weighted by atomic mass is 9.72. The lowest BCUT2D eigenvalue weighted by molar-refractivity contribution is 0.0580. The van der Waals surface area contributed by atoms with Gasteiger partial charge >= 0.3 is 0 Å². The normalized spacial score (nSPS) is 26.7. The van der Waals surface area contributed by atoms with Gasteiger partial charge in [0.2, 0.25) is 0 Å². The van der Waals surface area contributed by atoms with Crippen molar-refractivity contribution in [2.75, 3.05) is 27.4 Å². The van der Waals surface area contributed by atoms with Crippen molar-refractivity contribution in [1.29, 1.82) is 0 Å². The van der Waals surface area contributed by atoms with Gasteiger partial charge in [0.25, 0.3) is 0 Å². The highest BCUT2D eigenvalue weighted by molar-refractivity contribution is 5.51. The third-order valence-electron chi connectivity index (χ3n) is 5.55. The second-order valence-electron chi connectivity index (χ2n) is 7.15. The Morgan fingerprint density at radius 2 is 1.63 bits per heavy atom. The van der Waals surface area contributed by atoms with Crippen molar-refractivity contribution in [2.45, 2.75) is 12.2 Å². The van der Waals surface area contributed by atoms with Gasteiger partial charge < -0.3 is 14.2 Å². The molecule has 4 atom stereocenters. The first-order chi connectivity index (χ1) is 13.3. The summed E-state index contributed by atoms with van der Waals surface area (Å²) in [5, 5.41) is 0. The Labute approximate surface area is 161 Å². The average Bonchev–Trinajstić information content (AvgIpc) is 3.27. The van der Waals surface area contributed by atoms with Gasteiger partial charge in [-0.1, -0.05) is 72.8 Å². The van der Waals surface area contributed by atoms with Crippen molar-refractivity contribution in [3.63, 3.8) is 0 Å². The topological polar surface area (TPSA) is 27.7 Å². The molecule has 27 heavy (non-hydrogen) atoms. The van der Waals surface area contributed by atoms with Crippen LogP contribution in [0.1, 0.15) is 28.9 Å². The van der Waals surface area contributed by atoms with Crippen LogP contribution in [0.5, 0.6) is 0 Å². The van der Waals surface area contributed by atoms with E-state index in [4.69, 9.17) is 14.2 Å². The minimum Gasteiger partial charge on any atom is -0.381 e. The molecule has 2 bridgehead atoms. The maximum Gasteiger partial charge on any atom is 0.0910 e. The molecule has 2 aliphatic rings. The molecule has 0 radical (unpaired) electrons. The quantitative estimate of drug-likeness (QED) is 0.650. The summed E-state index contributed by atoms with van der Waals surface area (Å²) in [6, 6.07) is 19.0. The second-order valence-corrected chi connectivity index (χ2v) is 7.15. The molecule has 0 N–H and O–H groups in total. The van der Waals surface area contributed by atoms with Crippen LogP contribution in [0.25, 0.3) is 6.08 Å². The highest BCUT2D eigenvalue weighted by atomic mass is 16.5. The van der Waals surface area contributed by atoms with Crippen LogP contribution in [0, 0.1) is 11.8 Å². The molecule has 0 amide bonds. The van der Waals surface area contributed by atoms with E-state index in [2.05, 4.69) is 66.8 Å². The number of fused-ring (bicyclic) bond motifs is 5. The molecule has 0 aliphatic carbocycles. The molecule has 3 nitrogen and oxygen atoms in total. The Hall–Kier alpha value is -2.20. The fraction of sp³-hybridized carbons (Fsp3) is 0.333. The van der Waals surface area contributed by atoms with E-state index in [9.17, 15) is 0 Å². The van der Waals surface area contributed by atoms with Crippen molar-refractivity contribution in [1.82, 2.24) is 0 Å². The van der Waals surface area contributed by atoms with Gasteiger partial charge in [0.05, 0.1) is 25.4 Å². The molecule has 4 rings (SSSR count). The summed E-state index contributed by atoms with van der Waals surface area (Å²) in [5.74, 6) is 0.545. The molecule has 140 valence electrons. The first-order valence-electron chi connectivity index (χ1n) is 9.48. The molecular formula is C24H26O3. The third-order valence-corrected chi connectivity index (χ3v) is 5.55. The minimum atomic E-state index is 0.0786. The summed E-state index contributed by atoms with van der Waals surface area (Å²) in [5.41, 5.74) is 5.10. The van der Waals surface area contributed by atoms with E-state index >= 15 is 0 Å². The predicted molar refractivity (Wildman–Crippen MR) is 107 cm³/mol. The van der Waals surface area contributed by atoms with E-state index in [1.165, 1.54) is 22.3 Å². The molecule has 0 unspecified atom stereocenters. The number of hydrogen-bond donors (Lipinski definition) is 0. The van der Waals surface area contributed by atoms with Crippen LogP contribution in [0.15, 0.2) is 72.3 Å². The van der Waals surface area contributed by atoms with Gasteiger partial charge in [-0.25, -0.2) is 0 Å². The van der Waals surface area contributed by atoms with Gasteiger partial charge in [-0.3, -0.25) is 0 Å². The van der Waals surface area contributed by atoms with Gasteiger partial charge in [-0.2, -0.15) is 0 Å². The molecule has 0 saturated carbocycles. The molecule has 0 aromatic heterocycles. The standard InChI is InChI=1S/C24H26O3/c1-25-15-14-18(16-26-2)22-21(13-12-17-8-4-3-5-9-17)23-19-10-6-7-11-20(19)24(22)27-23/h3-14,21-24H,15-16H2,1-2H3/b13-12+,18-14+/t21-,22+,23+,24-/m0/s1. The average molecular weight is 362 g/mol. The van der Waals surface area contributed by atoms with Crippen molar-refractivity contribution in [2.24, 2.45) is 11.8 Å². The summed E-state index contributed by atoms with van der Waals surface area (Å²) in [6.07, 6.45) is 6.86. The second kappa shape index (κ2) is 8.22. The molecule has 1 saturated heterocycles. The molecule has 0 spiro atoms. The molecule has 2 aromatic carbocycles. The summed E-state index contributed by atoms with van der Waals surface area (Å²) in [6.45, 7) is 1.18. The van der Waals surface area contributed by atoms with E-state index in [0.717, 1.165) is 0 Å². The summed E-state index contributed by atoms with van der Waals surface area (Å²) in [4.78, 5) is 0. The Morgan fingerprint density at radius 1 is 0.926 bits per heavy atom. The van der Waals surface area contributed by atoms with Crippen LogP contribution in [0.3, 0.4) is 0 Å². The molecular weight excluding hydrogens is 336 g/mol. The Kier molecular flexibility index (Phi) is 5.53. The highest BCUT2D eigenvalue weighted by Crippen LogP contribution is 2.59. The number of benzene rings is 2. The van der Waals surface area contributed by atoms with Crippen molar-refractivity contribution in [3.05, 3.63) is 89.0 Å². The Bertz CT molecular complexity index is 825. The van der Waals surface area contributed by atoms with Gasteiger partial charge in [-0.15, -0.1) is 0 Å². The molecule has 3 heteroatoms. The molecule has 2 aliphatic heterocycles. The smallest absolute Gasteiger partial charge is 0.0910 e. The third kappa shape index (κ3) is 3.51. The fourth-order valence-electron chi connectivity index (χ4n) is 4.40. The Balaban J connectivity index is 1.71. The van der Waals surface area contributed by atoms with Crippen LogP contribution >= 0.6 is 0 Å². The highest BCUT2D eigenvalue weighted by Gasteiger charge is 2.52. The lowest BCUT2D eigenvalue weighted by Gasteiger charge is -2.30. The number of methoxy groups -OCH3 is 2. The lowest BCUT2D eigenvalue weighted by Crippen LogP contribution is -2.24. The summed E-state index contributed by atoms with van der Waals surface area (Å²) in [7, 11) is 3.47. The van der Waals surface area contributed by atoms with E-state index in [1.807, 2.05) is 6.07 Å². The fourth-order valence-corrected chi connectivity index (χ4v) is 4.40. The summed E-state index contributed by atoms with van der Waals surface area (Å²) >= 11 is 0. The minimum absolute atomic E-state index is 0.0786. The zero-order valence-corrected chi connectivity index (χ0v) is 15.9. The zero-order chi connectivity index (χ0) is 18.6. The Morgan fingerprint density at radius 3 is 2.33 bits per heavy atom. The first-order valence-corrected chi connectivity index (χ1v) is 9.48. The van der Waals surface area contributed by atoms with Crippen molar-refractivity contribution in [3.8, 4) is 0 Å². The SMILES string of the molecule is COC/C=C(\COC)[C@@H]1[C@H](/C=C/c2ccccc2)[C@@H]2O[C@H]1c1ccccc12. The largest absolute Gasteiger partial charge is 0.381 e. The van der Waals surface area contributed by atoms with Crippen LogP contribution in [0.2, 0.25) is 0 Å². The van der Waals surface area contributed by atoms with E-state index in [-0.39, 0.29) is 24.0 Å². The van der Waals surface area contributed by atoms with Crippen LogP contribution < -0.4 is 0 Å². The van der Waals surface area contributed by atoms with Gasteiger partial charge in [-0.05, 0) is 22.3 Å². The van der Waals surface area contributed by atoms with Crippen LogP contribution in [-0.4, -0.2) is 27.4 Å². The monoisotopic (exact) mass is 362 g/mol. The first kappa shape index (κ1) is 18.2. The number of rotatable bonds is 7. The molecule has 1 fully saturated rings. The van der Waals surface area contributed by atoms with Crippen molar-refractivity contribution < 1.29 is 14.2 Å². The van der Waals surface area contributed by atoms with Crippen LogP contribution in [-0.2, 0) is 14.2 Å². The molecule has 2 aromatic rings. The van der Waals surface area contributed by atoms with Gasteiger partial charge in [0.1, 0.15) is 0 Å². The zero-order valence-electron chi connectivity index (χ0n) is 15.9. The van der Waals surface area contributed by atoms with E-state index < -0.39 is 0 Å². The number of hydrogen-bond acceptors (Lipinski definition) is 3. The maximum absolute atomic E-state index is 6.48. The van der Waals surface area contributed by atoms with Crippen molar-refractivity contribution >= 4 is 6.08 Å². The number of ether oxygens (including phenoxy) is 3. The van der Waals surface area contributed by atoms with Gasteiger partial charge in [0.15, 0.2) is 0 Å². The molecule has 2 heterocycles.